The van der Waals surface area contributed by atoms with E-state index < -0.39 is 5.91 Å². The summed E-state index contributed by atoms with van der Waals surface area (Å²) in [6.45, 7) is 0.303. The zero-order valence-corrected chi connectivity index (χ0v) is 18.5. The van der Waals surface area contributed by atoms with Gasteiger partial charge in [-0.2, -0.15) is 5.26 Å². The van der Waals surface area contributed by atoms with Crippen LogP contribution in [-0.2, 0) is 11.4 Å². The van der Waals surface area contributed by atoms with Crippen LogP contribution in [0.15, 0.2) is 90.5 Å². The number of nitriles is 1. The molecule has 0 unspecified atom stereocenters. The van der Waals surface area contributed by atoms with Gasteiger partial charge in [0.05, 0.1) is 7.11 Å². The van der Waals surface area contributed by atoms with Gasteiger partial charge in [0, 0.05) is 17.3 Å². The van der Waals surface area contributed by atoms with E-state index in [1.54, 1.807) is 37.4 Å². The molecule has 0 saturated carbocycles. The van der Waals surface area contributed by atoms with Gasteiger partial charge in [0.1, 0.15) is 35.5 Å². The van der Waals surface area contributed by atoms with Gasteiger partial charge >= 0.3 is 0 Å². The first kappa shape index (κ1) is 22.4. The molecule has 6 heteroatoms. The van der Waals surface area contributed by atoms with E-state index in [0.29, 0.717) is 29.4 Å². The number of rotatable bonds is 7. The molecule has 1 amide bonds. The largest absolute Gasteiger partial charge is 0.508 e. The number of anilines is 1. The Hall–Kier alpha value is -4.76. The second-order valence-electron chi connectivity index (χ2n) is 7.50. The summed E-state index contributed by atoms with van der Waals surface area (Å²) in [5.74, 6) is 0.596. The molecule has 168 valence electrons. The predicted octanol–water partition coefficient (Wildman–Crippen LogP) is 5.68. The fourth-order valence-corrected chi connectivity index (χ4v) is 3.51. The normalized spacial score (nSPS) is 11.0. The van der Waals surface area contributed by atoms with Gasteiger partial charge in [0.2, 0.25) is 0 Å². The van der Waals surface area contributed by atoms with Crippen LogP contribution in [0.25, 0.3) is 16.8 Å². The highest BCUT2D eigenvalue weighted by Crippen LogP contribution is 2.29. The summed E-state index contributed by atoms with van der Waals surface area (Å²) in [6.07, 6.45) is 1.48. The fourth-order valence-electron chi connectivity index (χ4n) is 3.51. The number of ether oxygens (including phenoxy) is 2. The Balaban J connectivity index is 1.61. The number of hydrogen-bond acceptors (Lipinski definition) is 5. The van der Waals surface area contributed by atoms with Crippen molar-refractivity contribution in [2.45, 2.75) is 6.61 Å². The molecule has 2 N–H and O–H groups in total. The Labute approximate surface area is 197 Å². The Kier molecular flexibility index (Phi) is 6.76. The number of phenols is 1. The number of fused-ring (bicyclic) bond motifs is 1. The number of nitrogens with zero attached hydrogens (tertiary/aromatic N) is 1. The number of carbonyl (C=O) groups excluding carboxylic acids is 1. The first-order chi connectivity index (χ1) is 16.6. The second-order valence-corrected chi connectivity index (χ2v) is 7.50. The molecule has 0 bridgehead atoms. The fraction of sp³-hybridized carbons (Fsp3) is 0.0714. The standard InChI is InChI=1S/C28H22N2O4/c1-33-25-14-9-20(15-22(17-29)28(32)30-23-10-12-24(31)13-11-23)27(16-25)34-18-21-7-4-6-19-5-2-3-8-26(19)21/h2-16,31H,18H2,1H3,(H,30,32)/b22-15+. The highest BCUT2D eigenvalue weighted by molar-refractivity contribution is 6.09. The van der Waals surface area contributed by atoms with Crippen molar-refractivity contribution < 1.29 is 19.4 Å². The van der Waals surface area contributed by atoms with Gasteiger partial charge in [-0.15, -0.1) is 0 Å². The molecule has 34 heavy (non-hydrogen) atoms. The van der Waals surface area contributed by atoms with Crippen molar-refractivity contribution in [1.29, 1.82) is 5.26 Å². The molecule has 0 aliphatic heterocycles. The SMILES string of the molecule is COc1ccc(/C=C(\C#N)C(=O)Nc2ccc(O)cc2)c(OCc2cccc3ccccc23)c1. The van der Waals surface area contributed by atoms with Crippen molar-refractivity contribution in [3.05, 3.63) is 102 Å². The molecule has 0 aliphatic rings. The maximum Gasteiger partial charge on any atom is 0.266 e. The maximum absolute atomic E-state index is 12.7. The minimum absolute atomic E-state index is 0.0836. The van der Waals surface area contributed by atoms with E-state index in [1.165, 1.54) is 18.2 Å². The zero-order valence-electron chi connectivity index (χ0n) is 18.5. The number of nitrogens with one attached hydrogen (secondary N) is 1. The second kappa shape index (κ2) is 10.2. The summed E-state index contributed by atoms with van der Waals surface area (Å²) in [5, 5.41) is 23.9. The van der Waals surface area contributed by atoms with Crippen LogP contribution in [0.5, 0.6) is 17.2 Å². The monoisotopic (exact) mass is 450 g/mol. The average molecular weight is 450 g/mol. The Morgan fingerprint density at radius 2 is 1.79 bits per heavy atom. The lowest BCUT2D eigenvalue weighted by atomic mass is 10.1. The van der Waals surface area contributed by atoms with Crippen LogP contribution in [0.1, 0.15) is 11.1 Å². The van der Waals surface area contributed by atoms with Gasteiger partial charge in [0.25, 0.3) is 5.91 Å². The maximum atomic E-state index is 12.7. The predicted molar refractivity (Wildman–Crippen MR) is 132 cm³/mol. The molecular formula is C28H22N2O4. The summed E-state index contributed by atoms with van der Waals surface area (Å²) >= 11 is 0. The van der Waals surface area contributed by atoms with Gasteiger partial charge in [-0.25, -0.2) is 0 Å². The van der Waals surface area contributed by atoms with Crippen molar-refractivity contribution in [3.8, 4) is 23.3 Å². The minimum Gasteiger partial charge on any atom is -0.508 e. The molecule has 0 radical (unpaired) electrons. The first-order valence-electron chi connectivity index (χ1n) is 10.6. The van der Waals surface area contributed by atoms with E-state index in [-0.39, 0.29) is 11.3 Å². The molecule has 6 nitrogen and oxygen atoms in total. The Morgan fingerprint density at radius 1 is 1.03 bits per heavy atom. The van der Waals surface area contributed by atoms with Crippen LogP contribution in [0.2, 0.25) is 0 Å². The van der Waals surface area contributed by atoms with Crippen LogP contribution in [0.3, 0.4) is 0 Å². The Bertz CT molecular complexity index is 1400. The quantitative estimate of drug-likeness (QED) is 0.215. The molecule has 4 aromatic carbocycles. The summed E-state index contributed by atoms with van der Waals surface area (Å²) in [7, 11) is 1.56. The molecular weight excluding hydrogens is 428 g/mol. The lowest BCUT2D eigenvalue weighted by molar-refractivity contribution is -0.112. The smallest absolute Gasteiger partial charge is 0.266 e. The van der Waals surface area contributed by atoms with E-state index in [1.807, 2.05) is 48.5 Å². The number of methoxy groups -OCH3 is 1. The van der Waals surface area contributed by atoms with Crippen molar-refractivity contribution >= 4 is 28.4 Å². The molecule has 0 aliphatic carbocycles. The molecule has 0 heterocycles. The molecule has 0 spiro atoms. The third kappa shape index (κ3) is 5.17. The van der Waals surface area contributed by atoms with E-state index in [9.17, 15) is 15.2 Å². The molecule has 0 atom stereocenters. The lowest BCUT2D eigenvalue weighted by Crippen LogP contribution is -2.13. The molecule has 0 fully saturated rings. The van der Waals surface area contributed by atoms with Crippen molar-refractivity contribution in [2.75, 3.05) is 12.4 Å². The van der Waals surface area contributed by atoms with Crippen LogP contribution >= 0.6 is 0 Å². The number of amides is 1. The van der Waals surface area contributed by atoms with Crippen LogP contribution in [-0.4, -0.2) is 18.1 Å². The highest BCUT2D eigenvalue weighted by Gasteiger charge is 2.13. The van der Waals surface area contributed by atoms with E-state index >= 15 is 0 Å². The van der Waals surface area contributed by atoms with Crippen LogP contribution in [0.4, 0.5) is 5.69 Å². The molecule has 0 aromatic heterocycles. The minimum atomic E-state index is -0.566. The Morgan fingerprint density at radius 3 is 2.56 bits per heavy atom. The summed E-state index contributed by atoms with van der Waals surface area (Å²) in [4.78, 5) is 12.7. The summed E-state index contributed by atoms with van der Waals surface area (Å²) in [6, 6.07) is 27.3. The third-order valence-corrected chi connectivity index (χ3v) is 5.27. The van der Waals surface area contributed by atoms with Crippen molar-refractivity contribution in [1.82, 2.24) is 0 Å². The number of benzene rings is 4. The van der Waals surface area contributed by atoms with Gasteiger partial charge in [-0.05, 0) is 58.8 Å². The van der Waals surface area contributed by atoms with E-state index in [0.717, 1.165) is 16.3 Å². The number of phenolic OH excluding ortho intramolecular Hbond substituents is 1. The van der Waals surface area contributed by atoms with Crippen molar-refractivity contribution in [3.63, 3.8) is 0 Å². The summed E-state index contributed by atoms with van der Waals surface area (Å²) in [5.41, 5.74) is 1.96. The van der Waals surface area contributed by atoms with Gasteiger partial charge in [-0.3, -0.25) is 4.79 Å². The van der Waals surface area contributed by atoms with Crippen molar-refractivity contribution in [2.24, 2.45) is 0 Å². The van der Waals surface area contributed by atoms with Crippen LogP contribution < -0.4 is 14.8 Å². The van der Waals surface area contributed by atoms with Gasteiger partial charge < -0.3 is 19.9 Å². The molecule has 4 rings (SSSR count). The number of carbonyl (C=O) groups is 1. The lowest BCUT2D eigenvalue weighted by Gasteiger charge is -2.13. The molecule has 4 aromatic rings. The first-order valence-corrected chi connectivity index (χ1v) is 10.6. The zero-order chi connectivity index (χ0) is 23.9. The third-order valence-electron chi connectivity index (χ3n) is 5.27. The average Bonchev–Trinajstić information content (AvgIpc) is 2.87. The topological polar surface area (TPSA) is 91.6 Å². The number of hydrogen-bond donors (Lipinski definition) is 2. The number of aromatic hydroxyl groups is 1. The molecule has 0 saturated heterocycles. The van der Waals surface area contributed by atoms with Gasteiger partial charge in [-0.1, -0.05) is 42.5 Å². The highest BCUT2D eigenvalue weighted by atomic mass is 16.5. The summed E-state index contributed by atoms with van der Waals surface area (Å²) < 4.78 is 11.5. The van der Waals surface area contributed by atoms with Crippen LogP contribution in [0, 0.1) is 11.3 Å². The van der Waals surface area contributed by atoms with E-state index in [4.69, 9.17) is 9.47 Å². The van der Waals surface area contributed by atoms with Gasteiger partial charge in [0.15, 0.2) is 0 Å². The van der Waals surface area contributed by atoms with E-state index in [2.05, 4.69) is 5.32 Å².